The third-order valence-electron chi connectivity index (χ3n) is 2.60. The van der Waals surface area contributed by atoms with Crippen molar-refractivity contribution in [3.63, 3.8) is 0 Å². The molecule has 0 aliphatic rings. The molecule has 2 aromatic rings. The molecule has 0 aromatic carbocycles. The van der Waals surface area contributed by atoms with Gasteiger partial charge in [-0.05, 0) is 19.1 Å². The van der Waals surface area contributed by atoms with E-state index in [-0.39, 0.29) is 6.54 Å². The van der Waals surface area contributed by atoms with Gasteiger partial charge in [0.25, 0.3) is 0 Å². The van der Waals surface area contributed by atoms with Gasteiger partial charge in [0, 0.05) is 30.9 Å². The van der Waals surface area contributed by atoms with Gasteiger partial charge in [-0.3, -0.25) is 4.98 Å². The van der Waals surface area contributed by atoms with E-state index in [1.54, 1.807) is 12.3 Å². The van der Waals surface area contributed by atoms with Gasteiger partial charge in [-0.2, -0.15) is 5.26 Å². The van der Waals surface area contributed by atoms with Crippen LogP contribution in [0.1, 0.15) is 11.5 Å². The molecule has 2 N–H and O–H groups in total. The summed E-state index contributed by atoms with van der Waals surface area (Å²) in [4.78, 5) is 12.8. The van der Waals surface area contributed by atoms with Crippen molar-refractivity contribution in [2.24, 2.45) is 0 Å². The average molecular weight is 268 g/mol. The van der Waals surface area contributed by atoms with Crippen LogP contribution in [-0.2, 0) is 6.42 Å². The number of aryl methyl sites for hydroxylation is 1. The fourth-order valence-corrected chi connectivity index (χ4v) is 1.74. The monoisotopic (exact) mass is 268 g/mol. The Bertz CT molecular complexity index is 590. The van der Waals surface area contributed by atoms with Gasteiger partial charge in [-0.1, -0.05) is 6.07 Å². The maximum atomic E-state index is 8.56. The van der Waals surface area contributed by atoms with Crippen molar-refractivity contribution in [3.8, 4) is 6.07 Å². The standard InChI is InChI=1S/C14H16N6/c1-11-19-13(10-14(20-11)18-9-6-15)17-8-5-12-4-2-3-7-16-12/h2-4,7,10H,5,8-9H2,1H3,(H2,17,18,19,20). The Morgan fingerprint density at radius 1 is 1.20 bits per heavy atom. The SMILES string of the molecule is Cc1nc(NCC#N)cc(NCCc2ccccn2)n1. The van der Waals surface area contributed by atoms with Crippen molar-refractivity contribution in [2.45, 2.75) is 13.3 Å². The van der Waals surface area contributed by atoms with Crippen LogP contribution in [0.25, 0.3) is 0 Å². The summed E-state index contributed by atoms with van der Waals surface area (Å²) in [6, 6.07) is 9.68. The number of pyridine rings is 1. The highest BCUT2D eigenvalue weighted by atomic mass is 15.1. The molecular formula is C14H16N6. The Hall–Kier alpha value is -2.68. The van der Waals surface area contributed by atoms with E-state index in [2.05, 4.69) is 25.6 Å². The molecule has 0 fully saturated rings. The highest BCUT2D eigenvalue weighted by molar-refractivity contribution is 5.47. The summed E-state index contributed by atoms with van der Waals surface area (Å²) in [5, 5.41) is 14.7. The van der Waals surface area contributed by atoms with Crippen LogP contribution in [0.3, 0.4) is 0 Å². The van der Waals surface area contributed by atoms with Gasteiger partial charge < -0.3 is 10.6 Å². The van der Waals surface area contributed by atoms with Crippen molar-refractivity contribution in [2.75, 3.05) is 23.7 Å². The summed E-state index contributed by atoms with van der Waals surface area (Å²) in [6.45, 7) is 2.79. The molecule has 2 rings (SSSR count). The van der Waals surface area contributed by atoms with Crippen LogP contribution in [0.4, 0.5) is 11.6 Å². The van der Waals surface area contributed by atoms with Crippen LogP contribution in [-0.4, -0.2) is 28.0 Å². The predicted molar refractivity (Wildman–Crippen MR) is 77.3 cm³/mol. The van der Waals surface area contributed by atoms with Gasteiger partial charge in [0.1, 0.15) is 24.0 Å². The maximum Gasteiger partial charge on any atom is 0.132 e. The number of hydrogen-bond donors (Lipinski definition) is 2. The van der Waals surface area contributed by atoms with Crippen molar-refractivity contribution in [1.82, 2.24) is 15.0 Å². The molecule has 0 aliphatic carbocycles. The molecule has 6 heteroatoms. The molecule has 0 amide bonds. The molecule has 0 radical (unpaired) electrons. The topological polar surface area (TPSA) is 86.5 Å². The van der Waals surface area contributed by atoms with Crippen LogP contribution in [0.2, 0.25) is 0 Å². The fraction of sp³-hybridized carbons (Fsp3) is 0.286. The van der Waals surface area contributed by atoms with Crippen molar-refractivity contribution in [3.05, 3.63) is 42.0 Å². The smallest absolute Gasteiger partial charge is 0.132 e. The highest BCUT2D eigenvalue weighted by Crippen LogP contribution is 2.10. The fourth-order valence-electron chi connectivity index (χ4n) is 1.74. The number of nitrogens with one attached hydrogen (secondary N) is 2. The lowest BCUT2D eigenvalue weighted by molar-refractivity contribution is 0.943. The van der Waals surface area contributed by atoms with E-state index in [0.717, 1.165) is 24.5 Å². The van der Waals surface area contributed by atoms with Crippen LogP contribution >= 0.6 is 0 Å². The third-order valence-corrected chi connectivity index (χ3v) is 2.60. The maximum absolute atomic E-state index is 8.56. The summed E-state index contributed by atoms with van der Waals surface area (Å²) < 4.78 is 0. The number of nitrogens with zero attached hydrogens (tertiary/aromatic N) is 4. The Balaban J connectivity index is 1.92. The van der Waals surface area contributed by atoms with E-state index in [9.17, 15) is 0 Å². The third kappa shape index (κ3) is 4.21. The van der Waals surface area contributed by atoms with Gasteiger partial charge in [0.2, 0.25) is 0 Å². The molecule has 0 atom stereocenters. The quantitative estimate of drug-likeness (QED) is 0.776. The summed E-state index contributed by atoms with van der Waals surface area (Å²) in [5.41, 5.74) is 1.04. The molecule has 0 saturated heterocycles. The summed E-state index contributed by atoms with van der Waals surface area (Å²) in [7, 11) is 0. The first-order chi connectivity index (χ1) is 9.78. The summed E-state index contributed by atoms with van der Waals surface area (Å²) in [6.07, 6.45) is 2.61. The van der Waals surface area contributed by atoms with Gasteiger partial charge in [0.05, 0.1) is 6.07 Å². The second-order valence-corrected chi connectivity index (χ2v) is 4.20. The Morgan fingerprint density at radius 2 is 2.00 bits per heavy atom. The second-order valence-electron chi connectivity index (χ2n) is 4.20. The molecule has 0 aliphatic heterocycles. The Kier molecular flexibility index (Phi) is 4.84. The number of aromatic nitrogens is 3. The molecule has 0 unspecified atom stereocenters. The number of rotatable bonds is 6. The van der Waals surface area contributed by atoms with E-state index in [4.69, 9.17) is 5.26 Å². The minimum atomic E-state index is 0.226. The normalized spacial score (nSPS) is 9.80. The molecule has 102 valence electrons. The zero-order valence-corrected chi connectivity index (χ0v) is 11.3. The largest absolute Gasteiger partial charge is 0.370 e. The van der Waals surface area contributed by atoms with E-state index in [0.29, 0.717) is 11.6 Å². The Morgan fingerprint density at radius 3 is 2.70 bits per heavy atom. The zero-order chi connectivity index (χ0) is 14.2. The molecule has 2 heterocycles. The molecule has 0 spiro atoms. The first kappa shape index (κ1) is 13.7. The molecular weight excluding hydrogens is 252 g/mol. The molecule has 20 heavy (non-hydrogen) atoms. The Labute approximate surface area is 117 Å². The van der Waals surface area contributed by atoms with Gasteiger partial charge in [0.15, 0.2) is 0 Å². The first-order valence-corrected chi connectivity index (χ1v) is 6.38. The lowest BCUT2D eigenvalue weighted by Gasteiger charge is -2.08. The first-order valence-electron chi connectivity index (χ1n) is 6.38. The van der Waals surface area contributed by atoms with Gasteiger partial charge in [-0.25, -0.2) is 9.97 Å². The minimum Gasteiger partial charge on any atom is -0.370 e. The minimum absolute atomic E-state index is 0.226. The van der Waals surface area contributed by atoms with E-state index < -0.39 is 0 Å². The van der Waals surface area contributed by atoms with Crippen molar-refractivity contribution < 1.29 is 0 Å². The van der Waals surface area contributed by atoms with Crippen LogP contribution < -0.4 is 10.6 Å². The average Bonchev–Trinajstić information content (AvgIpc) is 2.46. The number of hydrogen-bond acceptors (Lipinski definition) is 6. The van der Waals surface area contributed by atoms with E-state index in [1.807, 2.05) is 31.2 Å². The number of anilines is 2. The lowest BCUT2D eigenvalue weighted by Crippen LogP contribution is -2.10. The van der Waals surface area contributed by atoms with Crippen LogP contribution in [0.5, 0.6) is 0 Å². The molecule has 0 bridgehead atoms. The number of nitriles is 1. The molecule has 2 aromatic heterocycles. The predicted octanol–water partition coefficient (Wildman–Crippen LogP) is 1.77. The van der Waals surface area contributed by atoms with E-state index >= 15 is 0 Å². The second kappa shape index (κ2) is 7.04. The van der Waals surface area contributed by atoms with Crippen molar-refractivity contribution in [1.29, 1.82) is 5.26 Å². The van der Waals surface area contributed by atoms with Gasteiger partial charge in [-0.15, -0.1) is 0 Å². The van der Waals surface area contributed by atoms with Crippen molar-refractivity contribution >= 4 is 11.6 Å². The molecule has 0 saturated carbocycles. The van der Waals surface area contributed by atoms with E-state index in [1.165, 1.54) is 0 Å². The summed E-state index contributed by atoms with van der Waals surface area (Å²) in [5.74, 6) is 2.06. The highest BCUT2D eigenvalue weighted by Gasteiger charge is 2.01. The summed E-state index contributed by atoms with van der Waals surface area (Å²) >= 11 is 0. The van der Waals surface area contributed by atoms with Crippen LogP contribution in [0.15, 0.2) is 30.5 Å². The molecule has 6 nitrogen and oxygen atoms in total. The lowest BCUT2D eigenvalue weighted by atomic mass is 10.3. The van der Waals surface area contributed by atoms with Gasteiger partial charge >= 0.3 is 0 Å². The van der Waals surface area contributed by atoms with Crippen LogP contribution in [0, 0.1) is 18.3 Å². The zero-order valence-electron chi connectivity index (χ0n) is 11.3.